The van der Waals surface area contributed by atoms with Gasteiger partial charge in [0, 0.05) is 18.9 Å². The fourth-order valence-electron chi connectivity index (χ4n) is 4.45. The molecule has 7 nitrogen and oxygen atoms in total. The maximum atomic E-state index is 12.4. The van der Waals surface area contributed by atoms with Crippen LogP contribution in [0.25, 0.3) is 11.1 Å². The van der Waals surface area contributed by atoms with Gasteiger partial charge in [0.1, 0.15) is 12.6 Å². The summed E-state index contributed by atoms with van der Waals surface area (Å²) in [6, 6.07) is 15.4. The van der Waals surface area contributed by atoms with Crippen LogP contribution in [0.5, 0.6) is 0 Å². The van der Waals surface area contributed by atoms with Crippen LogP contribution in [0.4, 0.5) is 4.79 Å². The summed E-state index contributed by atoms with van der Waals surface area (Å²) in [4.78, 5) is 36.2. The van der Waals surface area contributed by atoms with Crippen LogP contribution >= 0.6 is 0 Å². The van der Waals surface area contributed by atoms with Crippen molar-refractivity contribution >= 4 is 18.0 Å². The van der Waals surface area contributed by atoms with Crippen molar-refractivity contribution in [2.45, 2.75) is 52.0 Å². The predicted octanol–water partition coefficient (Wildman–Crippen LogP) is 4.56. The van der Waals surface area contributed by atoms with E-state index in [0.29, 0.717) is 12.8 Å². The zero-order valence-corrected chi connectivity index (χ0v) is 20.0. The van der Waals surface area contributed by atoms with Gasteiger partial charge in [-0.15, -0.1) is 0 Å². The largest absolute Gasteiger partial charge is 0.480 e. The van der Waals surface area contributed by atoms with Gasteiger partial charge in [-0.2, -0.15) is 0 Å². The minimum atomic E-state index is -1.04. The second-order valence-corrected chi connectivity index (χ2v) is 9.27. The highest BCUT2D eigenvalue weighted by atomic mass is 16.5. The van der Waals surface area contributed by atoms with E-state index in [1.807, 2.05) is 45.0 Å². The molecule has 0 spiro atoms. The topological polar surface area (TPSA) is 105 Å². The van der Waals surface area contributed by atoms with Gasteiger partial charge in [-0.3, -0.25) is 4.79 Å². The van der Waals surface area contributed by atoms with Gasteiger partial charge in [0.25, 0.3) is 0 Å². The third kappa shape index (κ3) is 6.37. The number of carbonyl (C=O) groups is 3. The molecular weight excluding hydrogens is 432 g/mol. The third-order valence-electron chi connectivity index (χ3n) is 6.27. The van der Waals surface area contributed by atoms with Crippen molar-refractivity contribution in [3.05, 3.63) is 59.7 Å². The van der Waals surface area contributed by atoms with E-state index >= 15 is 0 Å². The number of carboxylic acid groups (broad SMARTS) is 1. The van der Waals surface area contributed by atoms with Gasteiger partial charge < -0.3 is 20.5 Å². The molecule has 182 valence electrons. The Morgan fingerprint density at radius 1 is 1.00 bits per heavy atom. The molecule has 0 aliphatic heterocycles. The van der Waals surface area contributed by atoms with Gasteiger partial charge in [-0.05, 0) is 40.5 Å². The summed E-state index contributed by atoms with van der Waals surface area (Å²) in [5.41, 5.74) is 4.63. The molecular formula is C27H34N2O5. The first kappa shape index (κ1) is 25.3. The lowest BCUT2D eigenvalue weighted by Gasteiger charge is -2.20. The van der Waals surface area contributed by atoms with E-state index in [2.05, 4.69) is 34.9 Å². The van der Waals surface area contributed by atoms with Gasteiger partial charge in [0.15, 0.2) is 0 Å². The van der Waals surface area contributed by atoms with Crippen molar-refractivity contribution in [2.75, 3.05) is 13.2 Å². The maximum Gasteiger partial charge on any atom is 0.407 e. The lowest BCUT2D eigenvalue weighted by atomic mass is 9.98. The second kappa shape index (κ2) is 11.7. The number of carbonyl (C=O) groups excluding carboxylic acids is 2. The van der Waals surface area contributed by atoms with Crippen LogP contribution in [0.1, 0.15) is 57.1 Å². The molecule has 0 fully saturated rings. The molecule has 0 saturated heterocycles. The number of hydrogen-bond donors (Lipinski definition) is 3. The average molecular weight is 467 g/mol. The highest BCUT2D eigenvalue weighted by molar-refractivity contribution is 5.83. The number of rotatable bonds is 11. The number of benzene rings is 2. The predicted molar refractivity (Wildman–Crippen MR) is 130 cm³/mol. The molecule has 2 atom stereocenters. The molecule has 1 aliphatic rings. The zero-order valence-electron chi connectivity index (χ0n) is 20.0. The first-order chi connectivity index (χ1) is 16.3. The number of carboxylic acids is 1. The van der Waals surface area contributed by atoms with Crippen molar-refractivity contribution in [1.82, 2.24) is 10.6 Å². The summed E-state index contributed by atoms with van der Waals surface area (Å²) < 4.78 is 5.55. The van der Waals surface area contributed by atoms with Gasteiger partial charge in [-0.25, -0.2) is 9.59 Å². The Balaban J connectivity index is 1.50. The Hall–Kier alpha value is -3.35. The number of amides is 2. The molecule has 0 aromatic heterocycles. The number of alkyl carbamates (subject to hydrolysis) is 1. The standard InChI is InChI=1S/C27H34N2O5/c1-4-18(14-25(30)29-24(26(31)32)13-17(2)3)15-28-27(33)34-16-23-21-11-7-5-9-19(21)20-10-6-8-12-22(20)23/h5-12,17-18,23-24H,4,13-16H2,1-3H3,(H,28,33)(H,29,30)(H,31,32)/t18?,24-/m0/s1. The van der Waals surface area contributed by atoms with E-state index < -0.39 is 18.1 Å². The SMILES string of the molecule is CCC(CNC(=O)OCC1c2ccccc2-c2ccccc21)CC(=O)N[C@@H](CC(C)C)C(=O)O. The van der Waals surface area contributed by atoms with Gasteiger partial charge in [0.2, 0.25) is 5.91 Å². The number of hydrogen-bond acceptors (Lipinski definition) is 4. The van der Waals surface area contributed by atoms with E-state index in [1.54, 1.807) is 0 Å². The minimum absolute atomic E-state index is 0.0141. The van der Waals surface area contributed by atoms with E-state index in [-0.39, 0.29) is 43.2 Å². The average Bonchev–Trinajstić information content (AvgIpc) is 3.13. The minimum Gasteiger partial charge on any atom is -0.480 e. The lowest BCUT2D eigenvalue weighted by Crippen LogP contribution is -2.43. The highest BCUT2D eigenvalue weighted by Gasteiger charge is 2.29. The molecule has 0 saturated carbocycles. The van der Waals surface area contributed by atoms with Crippen molar-refractivity contribution in [3.63, 3.8) is 0 Å². The normalized spacial score (nSPS) is 14.1. The first-order valence-electron chi connectivity index (χ1n) is 11.9. The Morgan fingerprint density at radius 3 is 2.12 bits per heavy atom. The molecule has 3 rings (SSSR count). The second-order valence-electron chi connectivity index (χ2n) is 9.27. The number of fused-ring (bicyclic) bond motifs is 3. The van der Waals surface area contributed by atoms with Crippen LogP contribution in [0.3, 0.4) is 0 Å². The molecule has 1 aliphatic carbocycles. The molecule has 2 amide bonds. The highest BCUT2D eigenvalue weighted by Crippen LogP contribution is 2.44. The van der Waals surface area contributed by atoms with E-state index in [0.717, 1.165) is 11.1 Å². The summed E-state index contributed by atoms with van der Waals surface area (Å²) in [5.74, 6) is -1.34. The van der Waals surface area contributed by atoms with Crippen molar-refractivity contribution in [1.29, 1.82) is 0 Å². The molecule has 3 N–H and O–H groups in total. The van der Waals surface area contributed by atoms with Crippen LogP contribution in [0.15, 0.2) is 48.5 Å². The quantitative estimate of drug-likeness (QED) is 0.450. The Bertz CT molecular complexity index is 974. The first-order valence-corrected chi connectivity index (χ1v) is 11.9. The van der Waals surface area contributed by atoms with E-state index in [9.17, 15) is 19.5 Å². The van der Waals surface area contributed by atoms with Crippen LogP contribution in [0.2, 0.25) is 0 Å². The fourth-order valence-corrected chi connectivity index (χ4v) is 4.45. The van der Waals surface area contributed by atoms with Crippen molar-refractivity contribution in [2.24, 2.45) is 11.8 Å². The molecule has 34 heavy (non-hydrogen) atoms. The molecule has 7 heteroatoms. The van der Waals surface area contributed by atoms with Crippen molar-refractivity contribution < 1.29 is 24.2 Å². The van der Waals surface area contributed by atoms with Gasteiger partial charge >= 0.3 is 12.1 Å². The summed E-state index contributed by atoms with van der Waals surface area (Å²) >= 11 is 0. The molecule has 0 bridgehead atoms. The molecule has 0 radical (unpaired) electrons. The Morgan fingerprint density at radius 2 is 1.59 bits per heavy atom. The van der Waals surface area contributed by atoms with Crippen LogP contribution in [-0.2, 0) is 14.3 Å². The number of nitrogens with one attached hydrogen (secondary N) is 2. The van der Waals surface area contributed by atoms with E-state index in [4.69, 9.17) is 4.74 Å². The monoisotopic (exact) mass is 466 g/mol. The van der Waals surface area contributed by atoms with Crippen molar-refractivity contribution in [3.8, 4) is 11.1 Å². The zero-order chi connectivity index (χ0) is 24.7. The summed E-state index contributed by atoms with van der Waals surface area (Å²) in [6.45, 7) is 6.26. The maximum absolute atomic E-state index is 12.4. The van der Waals surface area contributed by atoms with Crippen LogP contribution in [0, 0.1) is 11.8 Å². The summed E-state index contributed by atoms with van der Waals surface area (Å²) in [6.07, 6.45) is 0.653. The molecule has 2 aromatic carbocycles. The van der Waals surface area contributed by atoms with Gasteiger partial charge in [0.05, 0.1) is 0 Å². The van der Waals surface area contributed by atoms with Gasteiger partial charge in [-0.1, -0.05) is 75.7 Å². The molecule has 1 unspecified atom stereocenters. The summed E-state index contributed by atoms with van der Waals surface area (Å²) in [5, 5.41) is 14.7. The van der Waals surface area contributed by atoms with Crippen LogP contribution in [-0.4, -0.2) is 42.3 Å². The Kier molecular flexibility index (Phi) is 8.68. The summed E-state index contributed by atoms with van der Waals surface area (Å²) in [7, 11) is 0. The number of ether oxygens (including phenoxy) is 1. The lowest BCUT2D eigenvalue weighted by molar-refractivity contribution is -0.142. The smallest absolute Gasteiger partial charge is 0.407 e. The fraction of sp³-hybridized carbons (Fsp3) is 0.444. The van der Waals surface area contributed by atoms with E-state index in [1.165, 1.54) is 11.1 Å². The third-order valence-corrected chi connectivity index (χ3v) is 6.27. The molecule has 0 heterocycles. The Labute approximate surface area is 200 Å². The van der Waals surface area contributed by atoms with Crippen LogP contribution < -0.4 is 10.6 Å². The molecule has 2 aromatic rings. The number of aliphatic carboxylic acids is 1.